The van der Waals surface area contributed by atoms with Crippen LogP contribution in [0.15, 0.2) is 41.3 Å². The van der Waals surface area contributed by atoms with E-state index in [1.807, 2.05) is 41.5 Å². The third kappa shape index (κ3) is 6.08. The number of aryl methyl sites for hydroxylation is 1. The number of carbonyl (C=O) groups is 1. The average Bonchev–Trinajstić information content (AvgIpc) is 2.92. The highest BCUT2D eigenvalue weighted by Crippen LogP contribution is 2.40. The number of fused-ring (bicyclic) bond motifs is 1. The lowest BCUT2D eigenvalue weighted by atomic mass is 9.89. The second-order valence-corrected chi connectivity index (χ2v) is 12.0. The minimum absolute atomic E-state index is 0.0388. The Bertz CT molecular complexity index is 1770. The molecule has 4 aromatic rings. The number of nitrogens with two attached hydrogens (primary N) is 2. The van der Waals surface area contributed by atoms with E-state index in [9.17, 15) is 9.59 Å². The van der Waals surface area contributed by atoms with Gasteiger partial charge >= 0.3 is 6.09 Å². The number of ether oxygens (including phenoxy) is 2. The number of aromatic nitrogens is 3. The van der Waals surface area contributed by atoms with Crippen LogP contribution in [0.2, 0.25) is 5.02 Å². The Morgan fingerprint density at radius 3 is 2.53 bits per heavy atom. The quantitative estimate of drug-likeness (QED) is 0.214. The average molecular weight is 611 g/mol. The van der Waals surface area contributed by atoms with E-state index >= 15 is 4.39 Å². The summed E-state index contributed by atoms with van der Waals surface area (Å²) >= 11 is 6.78. The van der Waals surface area contributed by atoms with Crippen molar-refractivity contribution in [2.24, 2.45) is 11.1 Å². The number of anilines is 2. The maximum absolute atomic E-state index is 15.3. The molecule has 0 aliphatic carbocycles. The molecule has 3 aromatic heterocycles. The van der Waals surface area contributed by atoms with Gasteiger partial charge in [-0.2, -0.15) is 0 Å². The number of benzene rings is 1. The molecular formula is C31H36ClFN6O4. The van der Waals surface area contributed by atoms with Crippen LogP contribution in [0.1, 0.15) is 51.8 Å². The summed E-state index contributed by atoms with van der Waals surface area (Å²) in [5.41, 5.74) is 13.1. The van der Waals surface area contributed by atoms with Crippen LogP contribution in [0.4, 0.5) is 20.6 Å². The predicted molar refractivity (Wildman–Crippen MR) is 168 cm³/mol. The highest BCUT2D eigenvalue weighted by atomic mass is 35.5. The number of primary amides is 1. The SMILES string of the molecule is COc1cccc(F)c1-c1nc2c(cc1Cl)c(NCC(OC(N)=O)C(C)(C)C)c(N)c(=O)n2-c1c(C)ccnc1C(C)C. The number of pyridine rings is 3. The molecule has 1 atom stereocenters. The largest absolute Gasteiger partial charge is 0.496 e. The molecule has 4 rings (SSSR count). The van der Waals surface area contributed by atoms with E-state index in [-0.39, 0.29) is 51.5 Å². The fourth-order valence-corrected chi connectivity index (χ4v) is 5.17. The number of nitrogens with one attached hydrogen (secondary N) is 1. The second-order valence-electron chi connectivity index (χ2n) is 11.6. The number of halogens is 2. The fraction of sp³-hybridized carbons (Fsp3) is 0.355. The van der Waals surface area contributed by atoms with Crippen LogP contribution in [0, 0.1) is 18.2 Å². The third-order valence-electron chi connectivity index (χ3n) is 7.19. The lowest BCUT2D eigenvalue weighted by molar-refractivity contribution is 0.0458. The maximum atomic E-state index is 15.3. The minimum atomic E-state index is -0.934. The zero-order valence-corrected chi connectivity index (χ0v) is 26.0. The van der Waals surface area contributed by atoms with Crippen LogP contribution in [-0.2, 0) is 4.74 Å². The fourth-order valence-electron chi connectivity index (χ4n) is 4.92. The lowest BCUT2D eigenvalue weighted by Crippen LogP contribution is -2.39. The van der Waals surface area contributed by atoms with Crippen molar-refractivity contribution in [1.29, 1.82) is 0 Å². The number of hydrogen-bond acceptors (Lipinski definition) is 8. The third-order valence-corrected chi connectivity index (χ3v) is 7.47. The van der Waals surface area contributed by atoms with Crippen LogP contribution < -0.4 is 27.1 Å². The number of nitrogen functional groups attached to an aromatic ring is 1. The second kappa shape index (κ2) is 12.1. The van der Waals surface area contributed by atoms with E-state index in [2.05, 4.69) is 10.3 Å². The number of carbonyl (C=O) groups excluding carboxylic acids is 1. The van der Waals surface area contributed by atoms with Crippen LogP contribution in [0.3, 0.4) is 0 Å². The van der Waals surface area contributed by atoms with Gasteiger partial charge in [0.05, 0.1) is 47.0 Å². The van der Waals surface area contributed by atoms with Gasteiger partial charge in [-0.25, -0.2) is 14.2 Å². The standard InChI is InChI=1S/C31H36ClFN6O4/c1-15(2)24-27(16(3)11-12-36-24)39-28-17(13-18(32)26(38-28)22-19(33)9-8-10-20(22)42-7)25(23(34)29(39)40)37-14-21(31(4,5)6)43-30(35)41/h8-13,15,21,37H,14,34H2,1-7H3,(H2,35,41). The van der Waals surface area contributed by atoms with Gasteiger partial charge in [0.1, 0.15) is 29.0 Å². The zero-order chi connectivity index (χ0) is 31.8. The molecular weight excluding hydrogens is 575 g/mol. The van der Waals surface area contributed by atoms with E-state index in [1.54, 1.807) is 24.4 Å². The Balaban J connectivity index is 2.11. The summed E-state index contributed by atoms with van der Waals surface area (Å²) in [6.07, 6.45) is 0.0585. The molecule has 0 aliphatic rings. The van der Waals surface area contributed by atoms with Crippen molar-refractivity contribution >= 4 is 40.1 Å². The molecule has 0 saturated heterocycles. The molecule has 228 valence electrons. The summed E-state index contributed by atoms with van der Waals surface area (Å²) in [6.45, 7) is 11.5. The highest BCUT2D eigenvalue weighted by molar-refractivity contribution is 6.34. The predicted octanol–water partition coefficient (Wildman–Crippen LogP) is 6.18. The number of nitrogens with zero attached hydrogens (tertiary/aromatic N) is 3. The Labute approximate surface area is 254 Å². The summed E-state index contributed by atoms with van der Waals surface area (Å²) in [7, 11) is 1.42. The molecule has 0 saturated carbocycles. The first-order valence-corrected chi connectivity index (χ1v) is 14.1. The molecule has 12 heteroatoms. The van der Waals surface area contributed by atoms with Crippen molar-refractivity contribution in [2.75, 3.05) is 24.7 Å². The van der Waals surface area contributed by atoms with Crippen molar-refractivity contribution < 1.29 is 18.7 Å². The molecule has 5 N–H and O–H groups in total. The molecule has 0 bridgehead atoms. The van der Waals surface area contributed by atoms with Gasteiger partial charge in [0, 0.05) is 17.0 Å². The zero-order valence-electron chi connectivity index (χ0n) is 25.2. The number of methoxy groups -OCH3 is 1. The molecule has 0 aliphatic heterocycles. The number of rotatable bonds is 8. The number of hydrogen-bond donors (Lipinski definition) is 3. The summed E-state index contributed by atoms with van der Waals surface area (Å²) < 4.78 is 27.4. The van der Waals surface area contributed by atoms with Crippen molar-refractivity contribution in [1.82, 2.24) is 14.5 Å². The monoisotopic (exact) mass is 610 g/mol. The Morgan fingerprint density at radius 1 is 1.23 bits per heavy atom. The first-order valence-electron chi connectivity index (χ1n) is 13.7. The smallest absolute Gasteiger partial charge is 0.404 e. The molecule has 43 heavy (non-hydrogen) atoms. The van der Waals surface area contributed by atoms with Crippen molar-refractivity contribution in [2.45, 2.75) is 53.6 Å². The molecule has 0 fully saturated rings. The van der Waals surface area contributed by atoms with Crippen LogP contribution in [0.25, 0.3) is 28.0 Å². The topological polar surface area (TPSA) is 147 Å². The molecule has 0 radical (unpaired) electrons. The summed E-state index contributed by atoms with van der Waals surface area (Å²) in [4.78, 5) is 35.2. The Morgan fingerprint density at radius 2 is 1.93 bits per heavy atom. The van der Waals surface area contributed by atoms with Gasteiger partial charge in [-0.1, -0.05) is 52.3 Å². The van der Waals surface area contributed by atoms with Gasteiger partial charge in [0.15, 0.2) is 0 Å². The number of amides is 1. The van der Waals surface area contributed by atoms with E-state index in [0.29, 0.717) is 16.8 Å². The van der Waals surface area contributed by atoms with Crippen molar-refractivity contribution in [3.63, 3.8) is 0 Å². The molecule has 1 amide bonds. The van der Waals surface area contributed by atoms with Gasteiger partial charge < -0.3 is 26.3 Å². The van der Waals surface area contributed by atoms with E-state index in [1.165, 1.54) is 23.8 Å². The molecule has 1 unspecified atom stereocenters. The first kappa shape index (κ1) is 31.6. The van der Waals surface area contributed by atoms with Gasteiger partial charge in [0.25, 0.3) is 5.56 Å². The van der Waals surface area contributed by atoms with Gasteiger partial charge in [0.2, 0.25) is 0 Å². The van der Waals surface area contributed by atoms with Gasteiger partial charge in [-0.3, -0.25) is 14.3 Å². The Kier molecular flexibility index (Phi) is 8.87. The van der Waals surface area contributed by atoms with Gasteiger partial charge in [-0.15, -0.1) is 0 Å². The Hall–Kier alpha value is -4.38. The molecule has 1 aromatic carbocycles. The summed E-state index contributed by atoms with van der Waals surface area (Å²) in [5, 5.41) is 3.65. The van der Waals surface area contributed by atoms with Crippen LogP contribution in [-0.4, -0.2) is 40.4 Å². The highest BCUT2D eigenvalue weighted by Gasteiger charge is 2.30. The van der Waals surface area contributed by atoms with Gasteiger partial charge in [-0.05, 0) is 42.7 Å². The summed E-state index contributed by atoms with van der Waals surface area (Å²) in [5.74, 6) is -0.450. The van der Waals surface area contributed by atoms with Crippen LogP contribution >= 0.6 is 11.6 Å². The van der Waals surface area contributed by atoms with E-state index in [4.69, 9.17) is 37.5 Å². The molecule has 10 nitrogen and oxygen atoms in total. The first-order chi connectivity index (χ1) is 20.2. The van der Waals surface area contributed by atoms with Crippen molar-refractivity contribution in [3.8, 4) is 22.7 Å². The summed E-state index contributed by atoms with van der Waals surface area (Å²) in [6, 6.07) is 7.74. The normalized spacial score (nSPS) is 12.4. The minimum Gasteiger partial charge on any atom is -0.496 e. The maximum Gasteiger partial charge on any atom is 0.404 e. The van der Waals surface area contributed by atoms with Crippen LogP contribution in [0.5, 0.6) is 5.75 Å². The van der Waals surface area contributed by atoms with Crippen molar-refractivity contribution in [3.05, 3.63) is 69.0 Å². The lowest BCUT2D eigenvalue weighted by Gasteiger charge is -2.30. The van der Waals surface area contributed by atoms with E-state index < -0.39 is 29.0 Å². The molecule has 0 spiro atoms. The molecule has 3 heterocycles. The van der Waals surface area contributed by atoms with E-state index in [0.717, 1.165) is 5.56 Å².